The largest absolute Gasteiger partial charge is 0.357 e. The van der Waals surface area contributed by atoms with Crippen molar-refractivity contribution in [1.29, 1.82) is 0 Å². The van der Waals surface area contributed by atoms with Gasteiger partial charge in [-0.3, -0.25) is 4.79 Å². The normalized spacial score (nSPS) is 19.2. The molecule has 74 valence electrons. The number of hydrogen-bond acceptors (Lipinski definition) is 2. The Labute approximate surface area is 77.5 Å². The first-order valence-corrected chi connectivity index (χ1v) is 4.43. The average molecular weight is 185 g/mol. The molecule has 5 heteroatoms. The Morgan fingerprint density at radius 1 is 1.69 bits per heavy atom. The van der Waals surface area contributed by atoms with Gasteiger partial charge in [0.05, 0.1) is 0 Å². The third-order valence-corrected chi connectivity index (χ3v) is 2.21. The molecule has 1 fully saturated rings. The summed E-state index contributed by atoms with van der Waals surface area (Å²) in [7, 11) is 1.57. The van der Waals surface area contributed by atoms with Crippen LogP contribution in [0.2, 0.25) is 0 Å². The molecule has 0 aromatic rings. The van der Waals surface area contributed by atoms with Gasteiger partial charge in [0.15, 0.2) is 0 Å². The van der Waals surface area contributed by atoms with Gasteiger partial charge in [-0.15, -0.1) is 0 Å². The highest BCUT2D eigenvalue weighted by Crippen LogP contribution is 2.04. The van der Waals surface area contributed by atoms with Gasteiger partial charge >= 0.3 is 6.03 Å². The van der Waals surface area contributed by atoms with Crippen molar-refractivity contribution < 1.29 is 9.59 Å². The maximum atomic E-state index is 11.3. The van der Waals surface area contributed by atoms with Crippen LogP contribution in [0.4, 0.5) is 4.79 Å². The van der Waals surface area contributed by atoms with Crippen LogP contribution in [-0.4, -0.2) is 43.0 Å². The van der Waals surface area contributed by atoms with Crippen molar-refractivity contribution in [3.05, 3.63) is 0 Å². The van der Waals surface area contributed by atoms with Gasteiger partial charge in [0, 0.05) is 20.1 Å². The molecule has 1 atom stereocenters. The first kappa shape index (κ1) is 9.83. The van der Waals surface area contributed by atoms with E-state index in [4.69, 9.17) is 0 Å². The second-order valence-corrected chi connectivity index (χ2v) is 3.07. The SMILES string of the molecule is CNC(=O)C(C)N1CCCNC1=O. The highest BCUT2D eigenvalue weighted by molar-refractivity contribution is 5.86. The van der Waals surface area contributed by atoms with Crippen LogP contribution in [0.5, 0.6) is 0 Å². The van der Waals surface area contributed by atoms with Crippen molar-refractivity contribution in [2.45, 2.75) is 19.4 Å². The third kappa shape index (κ3) is 2.11. The van der Waals surface area contributed by atoms with Gasteiger partial charge in [-0.25, -0.2) is 4.79 Å². The van der Waals surface area contributed by atoms with Crippen LogP contribution >= 0.6 is 0 Å². The van der Waals surface area contributed by atoms with E-state index in [9.17, 15) is 9.59 Å². The standard InChI is InChI=1S/C8H15N3O2/c1-6(7(12)9-2)11-5-3-4-10-8(11)13/h6H,3-5H2,1-2H3,(H,9,12)(H,10,13). The monoisotopic (exact) mass is 185 g/mol. The maximum Gasteiger partial charge on any atom is 0.318 e. The van der Waals surface area contributed by atoms with Crippen molar-refractivity contribution in [1.82, 2.24) is 15.5 Å². The van der Waals surface area contributed by atoms with Crippen molar-refractivity contribution in [3.63, 3.8) is 0 Å². The smallest absolute Gasteiger partial charge is 0.318 e. The molecule has 0 aliphatic carbocycles. The van der Waals surface area contributed by atoms with E-state index in [-0.39, 0.29) is 18.0 Å². The first-order chi connectivity index (χ1) is 6.16. The summed E-state index contributed by atoms with van der Waals surface area (Å²) in [4.78, 5) is 24.1. The maximum absolute atomic E-state index is 11.3. The Kier molecular flexibility index (Phi) is 3.11. The van der Waals surface area contributed by atoms with E-state index in [0.29, 0.717) is 13.1 Å². The van der Waals surface area contributed by atoms with E-state index >= 15 is 0 Å². The number of carbonyl (C=O) groups excluding carboxylic acids is 2. The van der Waals surface area contributed by atoms with Gasteiger partial charge in [-0.1, -0.05) is 0 Å². The van der Waals surface area contributed by atoms with Crippen LogP contribution in [0.25, 0.3) is 0 Å². The second kappa shape index (κ2) is 4.11. The van der Waals surface area contributed by atoms with Crippen molar-refractivity contribution in [2.75, 3.05) is 20.1 Å². The molecule has 1 heterocycles. The quantitative estimate of drug-likeness (QED) is 0.611. The summed E-state index contributed by atoms with van der Waals surface area (Å²) < 4.78 is 0. The number of amides is 3. The summed E-state index contributed by atoms with van der Waals surface area (Å²) in [5, 5.41) is 5.22. The molecule has 13 heavy (non-hydrogen) atoms. The number of nitrogens with one attached hydrogen (secondary N) is 2. The molecule has 0 aromatic heterocycles. The van der Waals surface area contributed by atoms with Gasteiger partial charge in [0.2, 0.25) is 5.91 Å². The number of hydrogen-bond donors (Lipinski definition) is 2. The van der Waals surface area contributed by atoms with Gasteiger partial charge < -0.3 is 15.5 Å². The zero-order valence-electron chi connectivity index (χ0n) is 7.96. The zero-order chi connectivity index (χ0) is 9.84. The van der Waals surface area contributed by atoms with Crippen LogP contribution in [-0.2, 0) is 4.79 Å². The molecule has 3 amide bonds. The van der Waals surface area contributed by atoms with Crippen LogP contribution in [0, 0.1) is 0 Å². The van der Waals surface area contributed by atoms with E-state index in [1.807, 2.05) is 0 Å². The van der Waals surface area contributed by atoms with Crippen LogP contribution in [0.3, 0.4) is 0 Å². The minimum absolute atomic E-state index is 0.128. The van der Waals surface area contributed by atoms with Crippen molar-refractivity contribution in [3.8, 4) is 0 Å². The summed E-state index contributed by atoms with van der Waals surface area (Å²) in [6, 6.07) is -0.535. The van der Waals surface area contributed by atoms with Crippen molar-refractivity contribution in [2.24, 2.45) is 0 Å². The molecule has 1 unspecified atom stereocenters. The minimum atomic E-state index is -0.384. The van der Waals surface area contributed by atoms with E-state index < -0.39 is 0 Å². The fraction of sp³-hybridized carbons (Fsp3) is 0.750. The fourth-order valence-corrected chi connectivity index (χ4v) is 1.37. The van der Waals surface area contributed by atoms with Gasteiger partial charge in [0.25, 0.3) is 0 Å². The predicted octanol–water partition coefficient (Wildman–Crippen LogP) is -0.464. The van der Waals surface area contributed by atoms with Crippen LogP contribution in [0.1, 0.15) is 13.3 Å². The number of nitrogens with zero attached hydrogens (tertiary/aromatic N) is 1. The lowest BCUT2D eigenvalue weighted by Gasteiger charge is -2.31. The zero-order valence-corrected chi connectivity index (χ0v) is 7.96. The first-order valence-electron chi connectivity index (χ1n) is 4.43. The number of rotatable bonds is 2. The Bertz CT molecular complexity index is 217. The van der Waals surface area contributed by atoms with E-state index in [1.54, 1.807) is 18.9 Å². The minimum Gasteiger partial charge on any atom is -0.357 e. The topological polar surface area (TPSA) is 61.4 Å². The molecule has 1 aliphatic heterocycles. The Morgan fingerprint density at radius 3 is 2.92 bits per heavy atom. The summed E-state index contributed by atoms with van der Waals surface area (Å²) in [6.07, 6.45) is 0.896. The Morgan fingerprint density at radius 2 is 2.38 bits per heavy atom. The van der Waals surface area contributed by atoms with Crippen molar-refractivity contribution >= 4 is 11.9 Å². The summed E-state index contributed by atoms with van der Waals surface area (Å²) in [5.74, 6) is -0.128. The second-order valence-electron chi connectivity index (χ2n) is 3.07. The molecule has 0 spiro atoms. The lowest BCUT2D eigenvalue weighted by atomic mass is 10.2. The molecule has 0 saturated carbocycles. The molecule has 0 aromatic carbocycles. The summed E-state index contributed by atoms with van der Waals surface area (Å²) in [5.41, 5.74) is 0. The van der Waals surface area contributed by atoms with E-state index in [1.165, 1.54) is 0 Å². The highest BCUT2D eigenvalue weighted by Gasteiger charge is 2.26. The highest BCUT2D eigenvalue weighted by atomic mass is 16.2. The average Bonchev–Trinajstić information content (AvgIpc) is 2.16. The molecule has 0 bridgehead atoms. The Hall–Kier alpha value is -1.26. The number of urea groups is 1. The number of carbonyl (C=O) groups is 2. The lowest BCUT2D eigenvalue weighted by Crippen LogP contribution is -2.54. The van der Waals surface area contributed by atoms with E-state index in [0.717, 1.165) is 6.42 Å². The molecule has 1 saturated heterocycles. The van der Waals surface area contributed by atoms with Crippen LogP contribution < -0.4 is 10.6 Å². The Balaban J connectivity index is 2.58. The van der Waals surface area contributed by atoms with Gasteiger partial charge in [-0.05, 0) is 13.3 Å². The molecular weight excluding hydrogens is 170 g/mol. The van der Waals surface area contributed by atoms with Crippen LogP contribution in [0.15, 0.2) is 0 Å². The molecule has 5 nitrogen and oxygen atoms in total. The van der Waals surface area contributed by atoms with Gasteiger partial charge in [-0.2, -0.15) is 0 Å². The third-order valence-electron chi connectivity index (χ3n) is 2.21. The van der Waals surface area contributed by atoms with Gasteiger partial charge in [0.1, 0.15) is 6.04 Å². The summed E-state index contributed by atoms with van der Waals surface area (Å²) in [6.45, 7) is 3.08. The predicted molar refractivity (Wildman–Crippen MR) is 48.3 cm³/mol. The molecule has 1 aliphatic rings. The lowest BCUT2D eigenvalue weighted by molar-refractivity contribution is -0.124. The molecule has 0 radical (unpaired) electrons. The number of likely N-dealkylation sites (N-methyl/N-ethyl adjacent to an activating group) is 1. The fourth-order valence-electron chi connectivity index (χ4n) is 1.37. The summed E-state index contributed by atoms with van der Waals surface area (Å²) >= 11 is 0. The molecule has 1 rings (SSSR count). The van der Waals surface area contributed by atoms with E-state index in [2.05, 4.69) is 10.6 Å². The molecular formula is C8H15N3O2. The molecule has 2 N–H and O–H groups in total.